The number of aliphatic carboxylic acids is 1. The van der Waals surface area contributed by atoms with E-state index < -0.39 is 18.0 Å². The van der Waals surface area contributed by atoms with Gasteiger partial charge in [0.05, 0.1) is 0 Å². The molecule has 5 heteroatoms. The summed E-state index contributed by atoms with van der Waals surface area (Å²) in [5, 5.41) is 17.7. The molecule has 13 heavy (non-hydrogen) atoms. The summed E-state index contributed by atoms with van der Waals surface area (Å²) in [5.74, 6) is -1.50. The third-order valence-electron chi connectivity index (χ3n) is 2.08. The van der Waals surface area contributed by atoms with E-state index in [1.54, 1.807) is 0 Å². The molecule has 0 aliphatic carbocycles. The molecule has 1 amide bonds. The summed E-state index contributed by atoms with van der Waals surface area (Å²) in [6, 6.07) is 0. The lowest BCUT2D eigenvalue weighted by Crippen LogP contribution is -2.40. The molecule has 0 aromatic carbocycles. The van der Waals surface area contributed by atoms with Gasteiger partial charge in [-0.1, -0.05) is 0 Å². The Morgan fingerprint density at radius 1 is 1.54 bits per heavy atom. The molecule has 0 bridgehead atoms. The average Bonchev–Trinajstić information content (AvgIpc) is 2.19. The summed E-state index contributed by atoms with van der Waals surface area (Å²) >= 11 is 0. The lowest BCUT2D eigenvalue weighted by atomic mass is 10.2. The van der Waals surface area contributed by atoms with Crippen LogP contribution in [0.3, 0.4) is 0 Å². The van der Waals surface area contributed by atoms with Gasteiger partial charge in [-0.3, -0.25) is 9.59 Å². The van der Waals surface area contributed by atoms with Crippen LogP contribution in [0.1, 0.15) is 19.3 Å². The van der Waals surface area contributed by atoms with Crippen molar-refractivity contribution in [1.82, 2.24) is 4.90 Å². The first kappa shape index (κ1) is 9.98. The van der Waals surface area contributed by atoms with Crippen LogP contribution in [-0.2, 0) is 9.59 Å². The molecule has 1 aliphatic rings. The summed E-state index contributed by atoms with van der Waals surface area (Å²) in [4.78, 5) is 22.8. The fraction of sp³-hybridized carbons (Fsp3) is 0.750. The average molecular weight is 187 g/mol. The number of nitrogens with zero attached hydrogens (tertiary/aromatic N) is 1. The number of carbonyl (C=O) groups is 2. The van der Waals surface area contributed by atoms with Crippen molar-refractivity contribution in [3.8, 4) is 0 Å². The predicted molar refractivity (Wildman–Crippen MR) is 44.1 cm³/mol. The van der Waals surface area contributed by atoms with Crippen LogP contribution < -0.4 is 0 Å². The Labute approximate surface area is 76.0 Å². The third-order valence-corrected chi connectivity index (χ3v) is 2.08. The summed E-state index contributed by atoms with van der Waals surface area (Å²) in [5.41, 5.74) is 0. The molecule has 74 valence electrons. The van der Waals surface area contributed by atoms with E-state index in [-0.39, 0.29) is 6.54 Å². The zero-order valence-electron chi connectivity index (χ0n) is 7.27. The maximum absolute atomic E-state index is 11.3. The molecule has 1 saturated heterocycles. The van der Waals surface area contributed by atoms with Crippen LogP contribution in [0.4, 0.5) is 0 Å². The Balaban J connectivity index is 2.59. The van der Waals surface area contributed by atoms with Gasteiger partial charge in [0.15, 0.2) is 0 Å². The number of hydrogen-bond acceptors (Lipinski definition) is 3. The van der Waals surface area contributed by atoms with Crippen LogP contribution in [0.5, 0.6) is 0 Å². The molecule has 1 unspecified atom stereocenters. The molecular formula is C8H13NO4. The molecule has 2 N–H and O–H groups in total. The van der Waals surface area contributed by atoms with E-state index >= 15 is 0 Å². The van der Waals surface area contributed by atoms with Crippen LogP contribution >= 0.6 is 0 Å². The van der Waals surface area contributed by atoms with Gasteiger partial charge in [-0.2, -0.15) is 0 Å². The van der Waals surface area contributed by atoms with Gasteiger partial charge >= 0.3 is 5.97 Å². The normalized spacial score (nSPS) is 24.2. The number of amides is 1. The SMILES string of the molecule is O=C(O)CN1CCCCC(O)C1=O. The number of rotatable bonds is 2. The minimum Gasteiger partial charge on any atom is -0.480 e. The predicted octanol–water partition coefficient (Wildman–Crippen LogP) is -0.556. The number of likely N-dealkylation sites (tertiary alicyclic amines) is 1. The Hall–Kier alpha value is -1.10. The van der Waals surface area contributed by atoms with Gasteiger partial charge in [0.2, 0.25) is 0 Å². The van der Waals surface area contributed by atoms with Gasteiger partial charge in [0, 0.05) is 6.54 Å². The smallest absolute Gasteiger partial charge is 0.323 e. The third kappa shape index (κ3) is 2.69. The van der Waals surface area contributed by atoms with Crippen molar-refractivity contribution >= 4 is 11.9 Å². The summed E-state index contributed by atoms with van der Waals surface area (Å²) in [7, 11) is 0. The number of aliphatic hydroxyl groups excluding tert-OH is 1. The van der Waals surface area contributed by atoms with Gasteiger partial charge in [-0.25, -0.2) is 0 Å². The molecule has 1 heterocycles. The van der Waals surface area contributed by atoms with Crippen LogP contribution in [-0.4, -0.2) is 46.2 Å². The number of carboxylic acids is 1. The molecule has 1 atom stereocenters. The first-order valence-electron chi connectivity index (χ1n) is 4.30. The fourth-order valence-corrected chi connectivity index (χ4v) is 1.41. The Bertz CT molecular complexity index is 216. The first-order valence-corrected chi connectivity index (χ1v) is 4.30. The highest BCUT2D eigenvalue weighted by Crippen LogP contribution is 2.11. The molecule has 1 rings (SSSR count). The van der Waals surface area contributed by atoms with Crippen molar-refractivity contribution in [2.24, 2.45) is 0 Å². The number of aliphatic hydroxyl groups is 1. The molecule has 0 aromatic heterocycles. The van der Waals surface area contributed by atoms with E-state index in [1.165, 1.54) is 4.90 Å². The molecular weight excluding hydrogens is 174 g/mol. The van der Waals surface area contributed by atoms with Crippen molar-refractivity contribution in [3.05, 3.63) is 0 Å². The second-order valence-corrected chi connectivity index (χ2v) is 3.17. The van der Waals surface area contributed by atoms with Crippen LogP contribution in [0.15, 0.2) is 0 Å². The number of carbonyl (C=O) groups excluding carboxylic acids is 1. The molecule has 0 saturated carbocycles. The van der Waals surface area contributed by atoms with Gasteiger partial charge in [0.25, 0.3) is 5.91 Å². The van der Waals surface area contributed by atoms with E-state index in [2.05, 4.69) is 0 Å². The molecule has 0 aromatic rings. The van der Waals surface area contributed by atoms with E-state index in [0.717, 1.165) is 12.8 Å². The highest BCUT2D eigenvalue weighted by atomic mass is 16.4. The Morgan fingerprint density at radius 2 is 2.23 bits per heavy atom. The van der Waals surface area contributed by atoms with Gasteiger partial charge in [0.1, 0.15) is 12.6 Å². The highest BCUT2D eigenvalue weighted by Gasteiger charge is 2.25. The summed E-state index contributed by atoms with van der Waals surface area (Å²) in [6.07, 6.45) is 0.954. The summed E-state index contributed by atoms with van der Waals surface area (Å²) in [6.45, 7) is 0.123. The van der Waals surface area contributed by atoms with Crippen LogP contribution in [0.25, 0.3) is 0 Å². The van der Waals surface area contributed by atoms with Crippen LogP contribution in [0.2, 0.25) is 0 Å². The summed E-state index contributed by atoms with van der Waals surface area (Å²) < 4.78 is 0. The quantitative estimate of drug-likeness (QED) is 0.607. The standard InChI is InChI=1S/C8H13NO4/c10-6-3-1-2-4-9(8(6)13)5-7(11)12/h6,10H,1-5H2,(H,11,12). The second kappa shape index (κ2) is 4.23. The number of hydrogen-bond donors (Lipinski definition) is 2. The van der Waals surface area contributed by atoms with Crippen molar-refractivity contribution in [3.63, 3.8) is 0 Å². The molecule has 0 spiro atoms. The Morgan fingerprint density at radius 3 is 2.85 bits per heavy atom. The fourth-order valence-electron chi connectivity index (χ4n) is 1.41. The zero-order chi connectivity index (χ0) is 9.84. The zero-order valence-corrected chi connectivity index (χ0v) is 7.27. The Kier molecular flexibility index (Phi) is 3.25. The lowest BCUT2D eigenvalue weighted by Gasteiger charge is -2.19. The van der Waals surface area contributed by atoms with E-state index in [0.29, 0.717) is 13.0 Å². The van der Waals surface area contributed by atoms with Crippen molar-refractivity contribution in [2.45, 2.75) is 25.4 Å². The van der Waals surface area contributed by atoms with Gasteiger partial charge < -0.3 is 15.1 Å². The highest BCUT2D eigenvalue weighted by molar-refractivity contribution is 5.84. The van der Waals surface area contributed by atoms with Crippen molar-refractivity contribution < 1.29 is 19.8 Å². The second-order valence-electron chi connectivity index (χ2n) is 3.17. The molecule has 1 fully saturated rings. The minimum absolute atomic E-state index is 0.310. The van der Waals surface area contributed by atoms with Gasteiger partial charge in [-0.15, -0.1) is 0 Å². The lowest BCUT2D eigenvalue weighted by molar-refractivity contribution is -0.148. The maximum Gasteiger partial charge on any atom is 0.323 e. The molecule has 0 radical (unpaired) electrons. The topological polar surface area (TPSA) is 77.8 Å². The first-order chi connectivity index (χ1) is 6.11. The monoisotopic (exact) mass is 187 g/mol. The van der Waals surface area contributed by atoms with Gasteiger partial charge in [-0.05, 0) is 19.3 Å². The number of carboxylic acid groups (broad SMARTS) is 1. The molecule has 5 nitrogen and oxygen atoms in total. The van der Waals surface area contributed by atoms with Crippen LogP contribution in [0, 0.1) is 0 Å². The largest absolute Gasteiger partial charge is 0.480 e. The molecule has 1 aliphatic heterocycles. The van der Waals surface area contributed by atoms with E-state index in [9.17, 15) is 14.7 Å². The van der Waals surface area contributed by atoms with Crippen molar-refractivity contribution in [2.75, 3.05) is 13.1 Å². The minimum atomic E-state index is -1.04. The van der Waals surface area contributed by atoms with Crippen molar-refractivity contribution in [1.29, 1.82) is 0 Å². The maximum atomic E-state index is 11.3. The van der Waals surface area contributed by atoms with E-state index in [1.807, 2.05) is 0 Å². The van der Waals surface area contributed by atoms with E-state index in [4.69, 9.17) is 5.11 Å².